The van der Waals surface area contributed by atoms with E-state index in [1.54, 1.807) is 0 Å². The lowest BCUT2D eigenvalue weighted by Gasteiger charge is -2.07. The Morgan fingerprint density at radius 1 is 1.38 bits per heavy atom. The normalized spacial score (nSPS) is 11.7. The van der Waals surface area contributed by atoms with Crippen LogP contribution in [0.2, 0.25) is 0 Å². The number of pyridine rings is 1. The summed E-state index contributed by atoms with van der Waals surface area (Å²) >= 11 is 2.92. The van der Waals surface area contributed by atoms with Crippen LogP contribution < -0.4 is 0 Å². The summed E-state index contributed by atoms with van der Waals surface area (Å²) in [6, 6.07) is 1.72. The molecule has 0 aromatic carbocycles. The van der Waals surface area contributed by atoms with Crippen LogP contribution in [-0.4, -0.2) is 10.1 Å². The molecular weight excluding hydrogens is 251 g/mol. The van der Waals surface area contributed by atoms with E-state index in [1.807, 2.05) is 0 Å². The van der Waals surface area contributed by atoms with Gasteiger partial charge in [0.15, 0.2) is 0 Å². The van der Waals surface area contributed by atoms with Crippen LogP contribution in [0.4, 0.5) is 13.2 Å². The van der Waals surface area contributed by atoms with Crippen LogP contribution in [0.3, 0.4) is 0 Å². The summed E-state index contributed by atoms with van der Waals surface area (Å²) in [5.74, 6) is -0.245. The van der Waals surface area contributed by atoms with Gasteiger partial charge in [-0.3, -0.25) is 0 Å². The second-order valence-electron chi connectivity index (χ2n) is 2.29. The maximum Gasteiger partial charge on any atom is 0.433 e. The Morgan fingerprint density at radius 3 is 2.46 bits per heavy atom. The van der Waals surface area contributed by atoms with Gasteiger partial charge in [0.05, 0.1) is 5.69 Å². The molecule has 13 heavy (non-hydrogen) atoms. The Kier molecular flexibility index (Phi) is 2.80. The predicted octanol–water partition coefficient (Wildman–Crippen LogP) is 2.70. The quantitative estimate of drug-likeness (QED) is 0.783. The van der Waals surface area contributed by atoms with Gasteiger partial charge in [-0.15, -0.1) is 0 Å². The summed E-state index contributed by atoms with van der Waals surface area (Å²) in [6.07, 6.45) is -4.47. The van der Waals surface area contributed by atoms with Gasteiger partial charge in [0.2, 0.25) is 0 Å². The molecule has 1 aromatic rings. The minimum absolute atomic E-state index is 0.0187. The standard InChI is InChI=1S/C7H5BrF3NO/c8-3-4-5(13)1-2-6(12-4)7(9,10)11/h1-2,13H,3H2. The van der Waals surface area contributed by atoms with Gasteiger partial charge < -0.3 is 5.11 Å². The predicted molar refractivity (Wildman–Crippen MR) is 43.5 cm³/mol. The first-order chi connectivity index (χ1) is 5.95. The number of alkyl halides is 4. The molecule has 0 radical (unpaired) electrons. The molecule has 0 spiro atoms. The van der Waals surface area contributed by atoms with Gasteiger partial charge in [-0.1, -0.05) is 15.9 Å². The molecule has 1 N–H and O–H groups in total. The number of hydrogen-bond acceptors (Lipinski definition) is 2. The number of aromatic hydroxyl groups is 1. The van der Waals surface area contributed by atoms with Gasteiger partial charge in [-0.25, -0.2) is 4.98 Å². The smallest absolute Gasteiger partial charge is 0.433 e. The van der Waals surface area contributed by atoms with E-state index in [-0.39, 0.29) is 16.8 Å². The fraction of sp³-hybridized carbons (Fsp3) is 0.286. The third-order valence-corrected chi connectivity index (χ3v) is 1.90. The monoisotopic (exact) mass is 255 g/mol. The largest absolute Gasteiger partial charge is 0.506 e. The van der Waals surface area contributed by atoms with Crippen LogP contribution in [0.25, 0.3) is 0 Å². The van der Waals surface area contributed by atoms with E-state index in [0.717, 1.165) is 12.1 Å². The van der Waals surface area contributed by atoms with Crippen LogP contribution in [0.15, 0.2) is 12.1 Å². The van der Waals surface area contributed by atoms with Crippen molar-refractivity contribution in [2.75, 3.05) is 0 Å². The highest BCUT2D eigenvalue weighted by Gasteiger charge is 2.32. The zero-order valence-corrected chi connectivity index (χ0v) is 7.85. The molecule has 0 aliphatic heterocycles. The van der Waals surface area contributed by atoms with Gasteiger partial charge in [0.25, 0.3) is 0 Å². The van der Waals surface area contributed by atoms with Crippen LogP contribution in [0, 0.1) is 0 Å². The SMILES string of the molecule is Oc1ccc(C(F)(F)F)nc1CBr. The second-order valence-corrected chi connectivity index (χ2v) is 2.85. The highest BCUT2D eigenvalue weighted by molar-refractivity contribution is 9.08. The Hall–Kier alpha value is -0.780. The zero-order valence-electron chi connectivity index (χ0n) is 6.27. The Morgan fingerprint density at radius 2 is 2.00 bits per heavy atom. The van der Waals surface area contributed by atoms with Gasteiger partial charge in [-0.05, 0) is 12.1 Å². The maximum absolute atomic E-state index is 12.1. The van der Waals surface area contributed by atoms with E-state index < -0.39 is 11.9 Å². The topological polar surface area (TPSA) is 33.1 Å². The number of aromatic nitrogens is 1. The molecule has 0 saturated heterocycles. The number of nitrogens with zero attached hydrogens (tertiary/aromatic N) is 1. The number of rotatable bonds is 1. The van der Waals surface area contributed by atoms with Crippen molar-refractivity contribution in [1.82, 2.24) is 4.98 Å². The number of halogens is 4. The first-order valence-corrected chi connectivity index (χ1v) is 4.39. The van der Waals surface area contributed by atoms with Gasteiger partial charge in [-0.2, -0.15) is 13.2 Å². The van der Waals surface area contributed by atoms with Gasteiger partial charge >= 0.3 is 6.18 Å². The minimum atomic E-state index is -4.47. The van der Waals surface area contributed by atoms with Crippen molar-refractivity contribution in [1.29, 1.82) is 0 Å². The van der Waals surface area contributed by atoms with E-state index in [9.17, 15) is 13.2 Å². The highest BCUT2D eigenvalue weighted by Crippen LogP contribution is 2.30. The molecule has 0 unspecified atom stereocenters. The summed E-state index contributed by atoms with van der Waals surface area (Å²) in [4.78, 5) is 3.24. The molecule has 0 saturated carbocycles. The van der Waals surface area contributed by atoms with Crippen molar-refractivity contribution in [3.05, 3.63) is 23.5 Å². The number of hydrogen-bond donors (Lipinski definition) is 1. The Bertz CT molecular complexity index is 313. The van der Waals surface area contributed by atoms with Crippen molar-refractivity contribution >= 4 is 15.9 Å². The van der Waals surface area contributed by atoms with Crippen LogP contribution in [0.1, 0.15) is 11.4 Å². The lowest BCUT2D eigenvalue weighted by atomic mass is 10.3. The summed E-state index contributed by atoms with van der Waals surface area (Å²) in [7, 11) is 0. The van der Waals surface area contributed by atoms with E-state index in [4.69, 9.17) is 5.11 Å². The van der Waals surface area contributed by atoms with Gasteiger partial charge in [0.1, 0.15) is 11.4 Å². The molecule has 72 valence electrons. The molecular formula is C7H5BrF3NO. The summed E-state index contributed by atoms with van der Waals surface area (Å²) in [5.41, 5.74) is -1.02. The molecule has 6 heteroatoms. The lowest BCUT2D eigenvalue weighted by Crippen LogP contribution is -2.08. The summed E-state index contributed by atoms with van der Waals surface area (Å²) < 4.78 is 36.2. The zero-order chi connectivity index (χ0) is 10.1. The summed E-state index contributed by atoms with van der Waals surface area (Å²) in [6.45, 7) is 0. The molecule has 1 heterocycles. The maximum atomic E-state index is 12.1. The third-order valence-electron chi connectivity index (χ3n) is 1.37. The van der Waals surface area contributed by atoms with Crippen molar-refractivity contribution in [3.63, 3.8) is 0 Å². The molecule has 0 fully saturated rings. The molecule has 0 amide bonds. The van der Waals surface area contributed by atoms with Crippen LogP contribution in [-0.2, 0) is 11.5 Å². The summed E-state index contributed by atoms with van der Waals surface area (Å²) in [5, 5.41) is 9.13. The van der Waals surface area contributed by atoms with Crippen molar-refractivity contribution in [2.45, 2.75) is 11.5 Å². The first-order valence-electron chi connectivity index (χ1n) is 3.27. The minimum Gasteiger partial charge on any atom is -0.506 e. The van der Waals surface area contributed by atoms with E-state index in [0.29, 0.717) is 0 Å². The van der Waals surface area contributed by atoms with E-state index in [2.05, 4.69) is 20.9 Å². The molecule has 0 aliphatic rings. The van der Waals surface area contributed by atoms with Crippen molar-refractivity contribution < 1.29 is 18.3 Å². The Balaban J connectivity index is 3.14. The van der Waals surface area contributed by atoms with Crippen LogP contribution >= 0.6 is 15.9 Å². The molecule has 0 atom stereocenters. The van der Waals surface area contributed by atoms with Crippen molar-refractivity contribution in [2.24, 2.45) is 0 Å². The second kappa shape index (κ2) is 3.53. The molecule has 2 nitrogen and oxygen atoms in total. The van der Waals surface area contributed by atoms with Crippen LogP contribution in [0.5, 0.6) is 5.75 Å². The van der Waals surface area contributed by atoms with Crippen molar-refractivity contribution in [3.8, 4) is 5.75 Å². The first kappa shape index (κ1) is 10.3. The average molecular weight is 256 g/mol. The van der Waals surface area contributed by atoms with E-state index in [1.165, 1.54) is 0 Å². The highest BCUT2D eigenvalue weighted by atomic mass is 79.9. The lowest BCUT2D eigenvalue weighted by molar-refractivity contribution is -0.141. The van der Waals surface area contributed by atoms with Gasteiger partial charge in [0, 0.05) is 5.33 Å². The fourth-order valence-corrected chi connectivity index (χ4v) is 1.16. The molecule has 0 aliphatic carbocycles. The third kappa shape index (κ3) is 2.33. The fourth-order valence-electron chi connectivity index (χ4n) is 0.750. The van der Waals surface area contributed by atoms with E-state index >= 15 is 0 Å². The molecule has 0 bridgehead atoms. The molecule has 1 aromatic heterocycles. The Labute approximate surface area is 80.5 Å². The average Bonchev–Trinajstić information content (AvgIpc) is 2.03. The molecule has 1 rings (SSSR count).